The maximum Gasteiger partial charge on any atom is 0.322 e. The van der Waals surface area contributed by atoms with Gasteiger partial charge in [-0.25, -0.2) is 4.79 Å². The van der Waals surface area contributed by atoms with Gasteiger partial charge in [0.15, 0.2) is 0 Å². The Labute approximate surface area is 263 Å². The van der Waals surface area contributed by atoms with Crippen molar-refractivity contribution in [3.05, 3.63) is 71.9 Å². The molecular weight excluding hydrogens is 558 g/mol. The first kappa shape index (κ1) is 36.7. The number of amides is 3. The van der Waals surface area contributed by atoms with Gasteiger partial charge >= 0.3 is 6.03 Å². The van der Waals surface area contributed by atoms with Crippen LogP contribution in [0.2, 0.25) is 0 Å². The number of allylic oxidation sites excluding steroid dienone is 4. The highest BCUT2D eigenvalue weighted by molar-refractivity contribution is 5.95. The van der Waals surface area contributed by atoms with Crippen LogP contribution in [-0.2, 0) is 23.8 Å². The van der Waals surface area contributed by atoms with Crippen LogP contribution in [0.25, 0.3) is 6.08 Å². The summed E-state index contributed by atoms with van der Waals surface area (Å²) in [7, 11) is 1.64. The van der Waals surface area contributed by atoms with Gasteiger partial charge < -0.3 is 24.8 Å². The Morgan fingerprint density at radius 2 is 1.68 bits per heavy atom. The van der Waals surface area contributed by atoms with E-state index >= 15 is 0 Å². The molecule has 2 N–H and O–H groups in total. The molecule has 0 saturated carbocycles. The van der Waals surface area contributed by atoms with E-state index in [9.17, 15) is 14.4 Å². The van der Waals surface area contributed by atoms with Gasteiger partial charge in [0.25, 0.3) is 0 Å². The van der Waals surface area contributed by atoms with Crippen molar-refractivity contribution in [2.24, 2.45) is 0 Å². The predicted octanol–water partition coefficient (Wildman–Crippen LogP) is 5.77. The van der Waals surface area contributed by atoms with Gasteiger partial charge in [0.1, 0.15) is 5.78 Å². The summed E-state index contributed by atoms with van der Waals surface area (Å²) in [5.74, 6) is -0.127. The van der Waals surface area contributed by atoms with Gasteiger partial charge in [0.2, 0.25) is 5.91 Å². The number of methoxy groups -OCH3 is 1. The lowest BCUT2D eigenvalue weighted by Gasteiger charge is -2.31. The Kier molecular flexibility index (Phi) is 15.3. The lowest BCUT2D eigenvalue weighted by atomic mass is 10.0. The average Bonchev–Trinajstić information content (AvgIpc) is 2.96. The molecule has 0 unspecified atom stereocenters. The van der Waals surface area contributed by atoms with Crippen molar-refractivity contribution in [1.82, 2.24) is 10.6 Å². The Bertz CT molecular complexity index is 1210. The largest absolute Gasteiger partial charge is 0.382 e. The van der Waals surface area contributed by atoms with Crippen LogP contribution in [0.5, 0.6) is 0 Å². The molecule has 0 fully saturated rings. The second-order valence-corrected chi connectivity index (χ2v) is 12.0. The molecule has 9 heteroatoms. The Balaban J connectivity index is 1.73. The SMILES string of the molecule is C=CC1=C(\C=C/C)CN(C(=O)NCCC(=O)CCCC(=O)NCCOC(C)(C)COC(C)(C)COC)c2ccccc2/C=C\1. The molecule has 44 heavy (non-hydrogen) atoms. The summed E-state index contributed by atoms with van der Waals surface area (Å²) in [5.41, 5.74) is 2.69. The van der Waals surface area contributed by atoms with E-state index in [0.717, 1.165) is 22.4 Å². The number of carbonyl (C=O) groups is 3. The molecule has 0 bridgehead atoms. The summed E-state index contributed by atoms with van der Waals surface area (Å²) in [6, 6.07) is 7.43. The van der Waals surface area contributed by atoms with Crippen LogP contribution < -0.4 is 15.5 Å². The summed E-state index contributed by atoms with van der Waals surface area (Å²) in [6.07, 6.45) is 10.8. The summed E-state index contributed by atoms with van der Waals surface area (Å²) >= 11 is 0. The van der Waals surface area contributed by atoms with E-state index in [-0.39, 0.29) is 43.5 Å². The van der Waals surface area contributed by atoms with E-state index in [0.29, 0.717) is 39.3 Å². The van der Waals surface area contributed by atoms with E-state index in [1.807, 2.05) is 83.2 Å². The van der Waals surface area contributed by atoms with Crippen molar-refractivity contribution >= 4 is 29.5 Å². The van der Waals surface area contributed by atoms with Crippen LogP contribution in [0.3, 0.4) is 0 Å². The third-order valence-corrected chi connectivity index (χ3v) is 6.96. The fraction of sp³-hybridized carbons (Fsp3) is 0.514. The summed E-state index contributed by atoms with van der Waals surface area (Å²) in [4.78, 5) is 39.7. The van der Waals surface area contributed by atoms with Gasteiger partial charge in [-0.3, -0.25) is 14.5 Å². The van der Waals surface area contributed by atoms with Gasteiger partial charge in [0, 0.05) is 39.5 Å². The van der Waals surface area contributed by atoms with E-state index in [2.05, 4.69) is 17.2 Å². The van der Waals surface area contributed by atoms with Crippen molar-refractivity contribution in [1.29, 1.82) is 0 Å². The lowest BCUT2D eigenvalue weighted by Crippen LogP contribution is -2.42. The second kappa shape index (κ2) is 18.3. The fourth-order valence-corrected chi connectivity index (χ4v) is 4.62. The smallest absolute Gasteiger partial charge is 0.322 e. The number of carbonyl (C=O) groups excluding carboxylic acids is 3. The highest BCUT2D eigenvalue weighted by Gasteiger charge is 2.26. The molecule has 9 nitrogen and oxygen atoms in total. The Morgan fingerprint density at radius 3 is 2.39 bits per heavy atom. The quantitative estimate of drug-likeness (QED) is 0.205. The van der Waals surface area contributed by atoms with E-state index in [1.165, 1.54) is 0 Å². The maximum atomic E-state index is 13.3. The van der Waals surface area contributed by atoms with Crippen LogP contribution >= 0.6 is 0 Å². The molecule has 242 valence electrons. The van der Waals surface area contributed by atoms with E-state index < -0.39 is 11.2 Å². The number of benzene rings is 1. The molecule has 0 radical (unpaired) electrons. The number of anilines is 1. The first-order chi connectivity index (χ1) is 20.9. The molecule has 1 aliphatic rings. The summed E-state index contributed by atoms with van der Waals surface area (Å²) in [6.45, 7) is 15.8. The number of nitrogens with zero attached hydrogens (tertiary/aromatic N) is 1. The van der Waals surface area contributed by atoms with Crippen LogP contribution in [-0.4, -0.2) is 75.5 Å². The molecule has 1 aromatic rings. The average molecular weight is 610 g/mol. The van der Waals surface area contributed by atoms with Gasteiger partial charge in [0.05, 0.1) is 43.3 Å². The molecule has 1 heterocycles. The minimum Gasteiger partial charge on any atom is -0.382 e. The highest BCUT2D eigenvalue weighted by Crippen LogP contribution is 2.27. The highest BCUT2D eigenvalue weighted by atomic mass is 16.6. The zero-order chi connectivity index (χ0) is 32.6. The molecule has 0 aliphatic carbocycles. The van der Waals surface area contributed by atoms with E-state index in [4.69, 9.17) is 14.2 Å². The minimum absolute atomic E-state index is 0.000903. The number of hydrogen-bond donors (Lipinski definition) is 2. The molecule has 0 spiro atoms. The summed E-state index contributed by atoms with van der Waals surface area (Å²) < 4.78 is 16.9. The predicted molar refractivity (Wildman–Crippen MR) is 177 cm³/mol. The van der Waals surface area contributed by atoms with Crippen molar-refractivity contribution in [3.8, 4) is 0 Å². The Morgan fingerprint density at radius 1 is 0.955 bits per heavy atom. The normalized spacial score (nSPS) is 16.2. The molecule has 1 aliphatic heterocycles. The molecule has 2 rings (SSSR count). The second-order valence-electron chi connectivity index (χ2n) is 12.0. The van der Waals surface area contributed by atoms with Crippen LogP contribution in [0.4, 0.5) is 10.5 Å². The van der Waals surface area contributed by atoms with Gasteiger partial charge in [-0.1, -0.05) is 55.2 Å². The minimum atomic E-state index is -0.509. The standard InChI is InChI=1S/C35H51N3O6/c1-8-13-29-24-38(31-16-11-10-14-28(31)19-18-27(29)9-2)33(41)37-21-20-30(39)15-12-17-32(40)36-22-23-43-35(5,6)26-44-34(3,4)25-42-7/h8-11,13-14,16,18-19H,2,12,15,17,20-26H2,1,3-7H3,(H,36,40)(H,37,41)/b13-8-,19-18-,29-27-. The summed E-state index contributed by atoms with van der Waals surface area (Å²) in [5, 5.41) is 5.73. The molecule has 0 atom stereocenters. The van der Waals surface area contributed by atoms with Crippen molar-refractivity contribution in [2.45, 2.75) is 71.5 Å². The first-order valence-corrected chi connectivity index (χ1v) is 15.3. The van der Waals surface area contributed by atoms with Gasteiger partial charge in [-0.2, -0.15) is 0 Å². The monoisotopic (exact) mass is 609 g/mol. The van der Waals surface area contributed by atoms with Crippen LogP contribution in [0.1, 0.15) is 65.9 Å². The van der Waals surface area contributed by atoms with Crippen LogP contribution in [0, 0.1) is 0 Å². The number of para-hydroxylation sites is 1. The zero-order valence-electron chi connectivity index (χ0n) is 27.4. The number of rotatable bonds is 18. The van der Waals surface area contributed by atoms with Crippen molar-refractivity contribution in [3.63, 3.8) is 0 Å². The fourth-order valence-electron chi connectivity index (χ4n) is 4.62. The van der Waals surface area contributed by atoms with Crippen molar-refractivity contribution in [2.75, 3.05) is 51.5 Å². The number of nitrogens with one attached hydrogen (secondary N) is 2. The van der Waals surface area contributed by atoms with Gasteiger partial charge in [-0.15, -0.1) is 0 Å². The maximum absolute atomic E-state index is 13.3. The van der Waals surface area contributed by atoms with Gasteiger partial charge in [-0.05, 0) is 63.8 Å². The Hall–Kier alpha value is -3.53. The molecule has 1 aromatic carbocycles. The molecule has 0 saturated heterocycles. The van der Waals surface area contributed by atoms with Crippen molar-refractivity contribution < 1.29 is 28.6 Å². The van der Waals surface area contributed by atoms with Crippen LogP contribution in [0.15, 0.2) is 66.3 Å². The molecular formula is C35H51N3O6. The topological polar surface area (TPSA) is 106 Å². The number of ether oxygens (including phenoxy) is 3. The number of fused-ring (bicyclic) bond motifs is 1. The number of ketones is 1. The zero-order valence-corrected chi connectivity index (χ0v) is 27.4. The first-order valence-electron chi connectivity index (χ1n) is 15.3. The number of urea groups is 1. The lowest BCUT2D eigenvalue weighted by molar-refractivity contribution is -0.136. The number of hydrogen-bond acceptors (Lipinski definition) is 6. The third kappa shape index (κ3) is 13.0. The third-order valence-electron chi connectivity index (χ3n) is 6.96. The van der Waals surface area contributed by atoms with E-state index in [1.54, 1.807) is 18.1 Å². The molecule has 0 aromatic heterocycles. The number of Topliss-reactive ketones (excluding diaryl/α,β-unsaturated/α-hetero) is 1. The molecule has 3 amide bonds.